The summed E-state index contributed by atoms with van der Waals surface area (Å²) in [6.45, 7) is 15.7. The van der Waals surface area contributed by atoms with Gasteiger partial charge in [0.25, 0.3) is 0 Å². The second-order valence-electron chi connectivity index (χ2n) is 9.86. The van der Waals surface area contributed by atoms with Gasteiger partial charge in [-0.25, -0.2) is 19.3 Å². The van der Waals surface area contributed by atoms with Crippen molar-refractivity contribution in [2.75, 3.05) is 38.0 Å². The summed E-state index contributed by atoms with van der Waals surface area (Å²) in [6.07, 6.45) is 3.09. The van der Waals surface area contributed by atoms with Crippen LogP contribution in [0, 0.1) is 5.82 Å². The Morgan fingerprint density at radius 3 is 2.41 bits per heavy atom. The maximum atomic E-state index is 14.9. The van der Waals surface area contributed by atoms with Crippen LogP contribution in [0.4, 0.5) is 16.2 Å². The van der Waals surface area contributed by atoms with E-state index in [1.54, 1.807) is 0 Å². The highest BCUT2D eigenvalue weighted by Crippen LogP contribution is 2.31. The number of aryl methyl sites for hydroxylation is 1. The fraction of sp³-hybridized carbons (Fsp3) is 0.429. The summed E-state index contributed by atoms with van der Waals surface area (Å²) in [6, 6.07) is 9.76. The first-order valence-electron chi connectivity index (χ1n) is 13.1. The first-order valence-corrected chi connectivity index (χ1v) is 13.1. The SMILES string of the molecule is CCN1CCN(Cc2ccc(Nc3ncc(F)c(-c4ccc5nn(CC)c(C(C)C)c5c4)n3)nc2)CC1. The van der Waals surface area contributed by atoms with Crippen LogP contribution in [-0.2, 0) is 13.1 Å². The number of halogens is 1. The molecule has 4 aromatic rings. The van der Waals surface area contributed by atoms with Gasteiger partial charge in [0.15, 0.2) is 5.82 Å². The molecule has 3 aromatic heterocycles. The van der Waals surface area contributed by atoms with Crippen LogP contribution < -0.4 is 5.32 Å². The number of pyridine rings is 1. The van der Waals surface area contributed by atoms with E-state index in [9.17, 15) is 4.39 Å². The Kier molecular flexibility index (Phi) is 7.43. The van der Waals surface area contributed by atoms with Gasteiger partial charge in [-0.05, 0) is 43.1 Å². The predicted molar refractivity (Wildman–Crippen MR) is 145 cm³/mol. The van der Waals surface area contributed by atoms with Crippen LogP contribution in [0.1, 0.15) is 44.9 Å². The molecule has 0 amide bonds. The molecule has 0 radical (unpaired) electrons. The van der Waals surface area contributed by atoms with Crippen LogP contribution in [0.15, 0.2) is 42.7 Å². The Labute approximate surface area is 217 Å². The molecule has 1 N–H and O–H groups in total. The molecular weight excluding hydrogens is 467 g/mol. The Balaban J connectivity index is 1.33. The molecule has 0 saturated carbocycles. The van der Waals surface area contributed by atoms with Gasteiger partial charge in [0.05, 0.1) is 11.7 Å². The third-order valence-corrected chi connectivity index (χ3v) is 7.03. The molecule has 0 atom stereocenters. The van der Waals surface area contributed by atoms with Crippen LogP contribution >= 0.6 is 0 Å². The summed E-state index contributed by atoms with van der Waals surface area (Å²) >= 11 is 0. The van der Waals surface area contributed by atoms with Gasteiger partial charge in [0.1, 0.15) is 11.5 Å². The van der Waals surface area contributed by atoms with Gasteiger partial charge in [-0.3, -0.25) is 9.58 Å². The lowest BCUT2D eigenvalue weighted by atomic mass is 10.0. The Morgan fingerprint density at radius 2 is 1.73 bits per heavy atom. The minimum absolute atomic E-state index is 0.251. The second kappa shape index (κ2) is 10.9. The largest absolute Gasteiger partial charge is 0.309 e. The van der Waals surface area contributed by atoms with Crippen molar-refractivity contribution in [1.82, 2.24) is 34.5 Å². The highest BCUT2D eigenvalue weighted by molar-refractivity contribution is 5.87. The number of anilines is 2. The zero-order valence-corrected chi connectivity index (χ0v) is 22.1. The normalized spacial score (nSPS) is 15.1. The summed E-state index contributed by atoms with van der Waals surface area (Å²) in [5, 5.41) is 8.85. The van der Waals surface area contributed by atoms with E-state index in [0.29, 0.717) is 23.2 Å². The van der Waals surface area contributed by atoms with Crippen molar-refractivity contribution >= 4 is 22.7 Å². The lowest BCUT2D eigenvalue weighted by molar-refractivity contribution is 0.132. The third-order valence-electron chi connectivity index (χ3n) is 7.03. The molecule has 37 heavy (non-hydrogen) atoms. The number of nitrogens with one attached hydrogen (secondary N) is 1. The summed E-state index contributed by atoms with van der Waals surface area (Å²) < 4.78 is 16.9. The van der Waals surface area contributed by atoms with Crippen LogP contribution in [0.2, 0.25) is 0 Å². The highest BCUT2D eigenvalue weighted by Gasteiger charge is 2.18. The molecule has 4 heterocycles. The van der Waals surface area contributed by atoms with E-state index in [0.717, 1.165) is 68.0 Å². The van der Waals surface area contributed by atoms with Gasteiger partial charge in [0.2, 0.25) is 5.95 Å². The second-order valence-corrected chi connectivity index (χ2v) is 9.86. The van der Waals surface area contributed by atoms with Crippen LogP contribution in [-0.4, -0.2) is 67.3 Å². The van der Waals surface area contributed by atoms with Gasteiger partial charge in [-0.1, -0.05) is 32.9 Å². The quantitative estimate of drug-likeness (QED) is 0.361. The molecule has 0 bridgehead atoms. The first kappa shape index (κ1) is 25.2. The fourth-order valence-corrected chi connectivity index (χ4v) is 5.01. The Hall–Kier alpha value is -3.43. The molecule has 0 unspecified atom stereocenters. The van der Waals surface area contributed by atoms with Crippen molar-refractivity contribution in [2.24, 2.45) is 0 Å². The van der Waals surface area contributed by atoms with Crippen molar-refractivity contribution in [3.8, 4) is 11.3 Å². The Bertz CT molecular complexity index is 1360. The molecule has 1 aliphatic rings. The predicted octanol–water partition coefficient (Wildman–Crippen LogP) is 5.05. The van der Waals surface area contributed by atoms with Crippen LogP contribution in [0.5, 0.6) is 0 Å². The summed E-state index contributed by atoms with van der Waals surface area (Å²) in [5.74, 6) is 0.757. The molecule has 5 rings (SSSR count). The topological polar surface area (TPSA) is 75.0 Å². The van der Waals surface area contributed by atoms with Crippen molar-refractivity contribution in [3.63, 3.8) is 0 Å². The average molecular weight is 503 g/mol. The zero-order valence-electron chi connectivity index (χ0n) is 22.1. The minimum atomic E-state index is -0.467. The monoisotopic (exact) mass is 502 g/mol. The third kappa shape index (κ3) is 5.47. The molecule has 9 heteroatoms. The number of hydrogen-bond acceptors (Lipinski definition) is 7. The molecule has 194 valence electrons. The minimum Gasteiger partial charge on any atom is -0.309 e. The molecule has 8 nitrogen and oxygen atoms in total. The number of piperazine rings is 1. The zero-order chi connectivity index (χ0) is 25.9. The van der Waals surface area contributed by atoms with E-state index >= 15 is 0 Å². The van der Waals surface area contributed by atoms with Crippen molar-refractivity contribution < 1.29 is 4.39 Å². The van der Waals surface area contributed by atoms with E-state index in [4.69, 9.17) is 5.10 Å². The lowest BCUT2D eigenvalue weighted by Gasteiger charge is -2.33. The van der Waals surface area contributed by atoms with Crippen LogP contribution in [0.25, 0.3) is 22.2 Å². The molecule has 1 fully saturated rings. The van der Waals surface area contributed by atoms with E-state index in [1.807, 2.05) is 35.1 Å². The molecule has 0 aliphatic carbocycles. The van der Waals surface area contributed by atoms with E-state index in [1.165, 1.54) is 6.20 Å². The number of rotatable bonds is 8. The number of fused-ring (bicyclic) bond motifs is 1. The van der Waals surface area contributed by atoms with Gasteiger partial charge >= 0.3 is 0 Å². The fourth-order valence-electron chi connectivity index (χ4n) is 5.01. The molecule has 1 saturated heterocycles. The number of nitrogens with zero attached hydrogens (tertiary/aromatic N) is 7. The summed E-state index contributed by atoms with van der Waals surface area (Å²) in [7, 11) is 0. The van der Waals surface area contributed by atoms with Crippen LogP contribution in [0.3, 0.4) is 0 Å². The maximum absolute atomic E-state index is 14.9. The van der Waals surface area contributed by atoms with Gasteiger partial charge in [-0.15, -0.1) is 0 Å². The standard InChI is InChI=1S/C28H35FN8/c1-5-35-11-13-36(14-12-35)18-20-7-10-25(30-16-20)32-28-31-17-23(29)26(33-28)21-8-9-24-22(15-21)27(19(3)4)37(6-2)34-24/h7-10,15-17,19H,5-6,11-14,18H2,1-4H3,(H,30,31,32,33). The van der Waals surface area contributed by atoms with Gasteiger partial charge in [0, 0.05) is 62.1 Å². The summed E-state index contributed by atoms with van der Waals surface area (Å²) in [5.41, 5.74) is 4.15. The Morgan fingerprint density at radius 1 is 0.946 bits per heavy atom. The summed E-state index contributed by atoms with van der Waals surface area (Å²) in [4.78, 5) is 18.1. The molecule has 0 spiro atoms. The lowest BCUT2D eigenvalue weighted by Crippen LogP contribution is -2.45. The van der Waals surface area contributed by atoms with Crippen molar-refractivity contribution in [2.45, 2.75) is 46.7 Å². The first-order chi connectivity index (χ1) is 17.9. The maximum Gasteiger partial charge on any atom is 0.229 e. The van der Waals surface area contributed by atoms with Gasteiger partial charge < -0.3 is 10.2 Å². The highest BCUT2D eigenvalue weighted by atomic mass is 19.1. The smallest absolute Gasteiger partial charge is 0.229 e. The molecule has 1 aliphatic heterocycles. The van der Waals surface area contributed by atoms with E-state index in [-0.39, 0.29) is 5.69 Å². The van der Waals surface area contributed by atoms with Gasteiger partial charge in [-0.2, -0.15) is 5.10 Å². The van der Waals surface area contributed by atoms with E-state index in [2.05, 4.69) is 63.8 Å². The molecule has 1 aromatic carbocycles. The van der Waals surface area contributed by atoms with Crippen molar-refractivity contribution in [1.29, 1.82) is 0 Å². The number of benzene rings is 1. The van der Waals surface area contributed by atoms with E-state index < -0.39 is 5.82 Å². The molecular formula is C28H35FN8. The number of aromatic nitrogens is 5. The van der Waals surface area contributed by atoms with Crippen molar-refractivity contribution in [3.05, 3.63) is 59.8 Å². The number of likely N-dealkylation sites (N-methyl/N-ethyl adjacent to an activating group) is 1. The number of hydrogen-bond donors (Lipinski definition) is 1. The average Bonchev–Trinajstić information content (AvgIpc) is 3.29.